The van der Waals surface area contributed by atoms with Crippen LogP contribution < -0.4 is 5.30 Å². The summed E-state index contributed by atoms with van der Waals surface area (Å²) in [6.07, 6.45) is -0.185. The molecule has 0 saturated heterocycles. The molecule has 1 aromatic carbocycles. The molecule has 0 spiro atoms. The molecule has 4 atom stereocenters. The summed E-state index contributed by atoms with van der Waals surface area (Å²) in [4.78, 5) is 20.0. The van der Waals surface area contributed by atoms with Crippen LogP contribution in [0.25, 0.3) is 0 Å². The lowest BCUT2D eigenvalue weighted by molar-refractivity contribution is 0.118. The van der Waals surface area contributed by atoms with E-state index in [9.17, 15) is 24.0 Å². The van der Waals surface area contributed by atoms with Gasteiger partial charge in [0.2, 0.25) is 5.08 Å². The topological polar surface area (TPSA) is 104 Å². The lowest BCUT2D eigenvalue weighted by atomic mass is 10.3. The van der Waals surface area contributed by atoms with Crippen molar-refractivity contribution in [1.82, 2.24) is 0 Å². The van der Waals surface area contributed by atoms with Crippen molar-refractivity contribution >= 4 is 20.3 Å². The predicted octanol–water partition coefficient (Wildman–Crippen LogP) is 2.25. The molecule has 0 fully saturated rings. The van der Waals surface area contributed by atoms with Crippen molar-refractivity contribution < 1.29 is 28.5 Å². The Morgan fingerprint density at radius 2 is 1.75 bits per heavy atom. The SMILES string of the molecule is CCC(C)OP(=O)(O)C(C)(O)P(=O)(O)c1ccccc1. The van der Waals surface area contributed by atoms with Crippen molar-refractivity contribution in [3.8, 4) is 0 Å². The molecular formula is C12H20O6P2. The maximum absolute atomic E-state index is 12.4. The first-order valence-corrected chi connectivity index (χ1v) is 9.42. The van der Waals surface area contributed by atoms with Crippen LogP contribution in [0.4, 0.5) is 0 Å². The van der Waals surface area contributed by atoms with E-state index < -0.39 is 26.2 Å². The van der Waals surface area contributed by atoms with Gasteiger partial charge >= 0.3 is 7.60 Å². The van der Waals surface area contributed by atoms with E-state index in [-0.39, 0.29) is 5.30 Å². The smallest absolute Gasteiger partial charge is 0.369 e. The number of aliphatic hydroxyl groups is 1. The normalized spacial score (nSPS) is 22.3. The van der Waals surface area contributed by atoms with Crippen molar-refractivity contribution in [3.63, 3.8) is 0 Å². The average molecular weight is 322 g/mol. The van der Waals surface area contributed by atoms with Gasteiger partial charge < -0.3 is 19.4 Å². The van der Waals surface area contributed by atoms with Crippen molar-refractivity contribution in [1.29, 1.82) is 0 Å². The lowest BCUT2D eigenvalue weighted by Gasteiger charge is -2.33. The van der Waals surface area contributed by atoms with Gasteiger partial charge in [-0.25, -0.2) is 0 Å². The summed E-state index contributed by atoms with van der Waals surface area (Å²) in [6, 6.07) is 7.28. The summed E-state index contributed by atoms with van der Waals surface area (Å²) in [5, 5.41) is 7.34. The van der Waals surface area contributed by atoms with Crippen LogP contribution in [0.1, 0.15) is 27.2 Å². The number of benzene rings is 1. The lowest BCUT2D eigenvalue weighted by Crippen LogP contribution is -2.31. The number of hydrogen-bond donors (Lipinski definition) is 3. The molecule has 6 nitrogen and oxygen atoms in total. The van der Waals surface area contributed by atoms with Crippen LogP contribution in [0.3, 0.4) is 0 Å². The molecule has 0 heterocycles. The third-order valence-electron chi connectivity index (χ3n) is 3.11. The highest BCUT2D eigenvalue weighted by Gasteiger charge is 2.58. The second kappa shape index (κ2) is 6.10. The molecule has 0 radical (unpaired) electrons. The fraction of sp³-hybridized carbons (Fsp3) is 0.500. The highest BCUT2D eigenvalue weighted by Crippen LogP contribution is 2.71. The van der Waals surface area contributed by atoms with Gasteiger partial charge in [-0.2, -0.15) is 0 Å². The molecule has 0 aliphatic rings. The highest BCUT2D eigenvalue weighted by molar-refractivity contribution is 7.79. The maximum atomic E-state index is 12.4. The summed E-state index contributed by atoms with van der Waals surface area (Å²) in [5.74, 6) is 0. The number of hydrogen-bond acceptors (Lipinski definition) is 4. The zero-order valence-corrected chi connectivity index (χ0v) is 13.4. The fourth-order valence-corrected chi connectivity index (χ4v) is 5.22. The minimum atomic E-state index is -4.71. The maximum Gasteiger partial charge on any atom is 0.369 e. The van der Waals surface area contributed by atoms with E-state index in [1.807, 2.05) is 0 Å². The van der Waals surface area contributed by atoms with E-state index >= 15 is 0 Å². The van der Waals surface area contributed by atoms with Gasteiger partial charge in [0.15, 0.2) is 0 Å². The van der Waals surface area contributed by atoms with Crippen LogP contribution in [0.5, 0.6) is 0 Å². The Hall–Kier alpha value is -0.480. The van der Waals surface area contributed by atoms with Gasteiger partial charge in [-0.3, -0.25) is 9.13 Å². The van der Waals surface area contributed by atoms with Crippen molar-refractivity contribution in [3.05, 3.63) is 30.3 Å². The molecule has 0 amide bonds. The minimum Gasteiger partial charge on any atom is -0.369 e. The first kappa shape index (κ1) is 17.6. The molecule has 4 unspecified atom stereocenters. The van der Waals surface area contributed by atoms with Crippen molar-refractivity contribution in [2.45, 2.75) is 38.4 Å². The molecule has 0 aliphatic carbocycles. The monoisotopic (exact) mass is 322 g/mol. The van der Waals surface area contributed by atoms with Crippen molar-refractivity contribution in [2.24, 2.45) is 0 Å². The van der Waals surface area contributed by atoms with Crippen LogP contribution in [-0.4, -0.2) is 26.1 Å². The molecule has 1 aromatic rings. The molecule has 0 saturated carbocycles. The molecule has 3 N–H and O–H groups in total. The van der Waals surface area contributed by atoms with E-state index in [4.69, 9.17) is 4.52 Å². The largest absolute Gasteiger partial charge is 0.369 e. The minimum absolute atomic E-state index is 0.105. The van der Waals surface area contributed by atoms with E-state index in [0.29, 0.717) is 6.42 Å². The Kier molecular flexibility index (Phi) is 5.36. The molecule has 0 aromatic heterocycles. The van der Waals surface area contributed by atoms with Gasteiger partial charge in [0.1, 0.15) is 0 Å². The van der Waals surface area contributed by atoms with E-state index in [1.165, 1.54) is 24.3 Å². The summed E-state index contributed by atoms with van der Waals surface area (Å²) >= 11 is 0. The van der Waals surface area contributed by atoms with Gasteiger partial charge in [-0.1, -0.05) is 25.1 Å². The van der Waals surface area contributed by atoms with Gasteiger partial charge in [-0.05, 0) is 32.4 Å². The van der Waals surface area contributed by atoms with Gasteiger partial charge in [0, 0.05) is 5.30 Å². The van der Waals surface area contributed by atoms with Gasteiger partial charge in [-0.15, -0.1) is 0 Å². The van der Waals surface area contributed by atoms with Gasteiger partial charge in [0.25, 0.3) is 7.37 Å². The molecular weight excluding hydrogens is 302 g/mol. The van der Waals surface area contributed by atoms with E-state index in [0.717, 1.165) is 6.92 Å². The Balaban J connectivity index is 3.21. The summed E-state index contributed by atoms with van der Waals surface area (Å²) in [5.41, 5.74) is 0. The second-order valence-electron chi connectivity index (χ2n) is 4.73. The number of rotatable bonds is 6. The van der Waals surface area contributed by atoms with Crippen LogP contribution in [-0.2, 0) is 13.7 Å². The Morgan fingerprint density at radius 1 is 1.25 bits per heavy atom. The molecule has 0 aliphatic heterocycles. The Morgan fingerprint density at radius 3 is 2.20 bits per heavy atom. The van der Waals surface area contributed by atoms with Crippen LogP contribution >= 0.6 is 15.0 Å². The molecule has 20 heavy (non-hydrogen) atoms. The first-order chi connectivity index (χ1) is 9.06. The zero-order valence-electron chi connectivity index (χ0n) is 11.6. The third-order valence-corrected chi connectivity index (χ3v) is 8.55. The van der Waals surface area contributed by atoms with Gasteiger partial charge in [0.05, 0.1) is 6.10 Å². The quantitative estimate of drug-likeness (QED) is 0.694. The van der Waals surface area contributed by atoms with Crippen molar-refractivity contribution in [2.75, 3.05) is 0 Å². The first-order valence-electron chi connectivity index (χ1n) is 6.18. The third kappa shape index (κ3) is 3.22. The van der Waals surface area contributed by atoms with E-state index in [2.05, 4.69) is 0 Å². The highest BCUT2D eigenvalue weighted by atomic mass is 31.2. The summed E-state index contributed by atoms with van der Waals surface area (Å²) in [7, 11) is -9.23. The molecule has 1 rings (SSSR count). The molecule has 114 valence electrons. The Labute approximate surface area is 118 Å². The van der Waals surface area contributed by atoms with Crippen LogP contribution in [0, 0.1) is 0 Å². The van der Waals surface area contributed by atoms with E-state index in [1.54, 1.807) is 19.9 Å². The van der Waals surface area contributed by atoms with Crippen LogP contribution in [0.15, 0.2) is 30.3 Å². The second-order valence-corrected chi connectivity index (χ2v) is 9.74. The summed E-state index contributed by atoms with van der Waals surface area (Å²) < 4.78 is 29.5. The molecule has 8 heteroatoms. The standard InChI is InChI=1S/C12H20O6P2/c1-4-10(2)18-20(16,17)12(3,13)19(14,15)11-8-6-5-7-9-11/h5-10,13H,4H2,1-3H3,(H,14,15)(H,16,17). The average Bonchev–Trinajstić information content (AvgIpc) is 2.38. The van der Waals surface area contributed by atoms with Crippen LogP contribution in [0.2, 0.25) is 0 Å². The predicted molar refractivity (Wildman–Crippen MR) is 77.2 cm³/mol. The fourth-order valence-electron chi connectivity index (χ4n) is 1.46. The Bertz CT molecular complexity index is 542. The summed E-state index contributed by atoms with van der Waals surface area (Å²) in [6.45, 7) is 4.13. The molecule has 0 bridgehead atoms. The zero-order chi connectivity index (χ0) is 15.6.